The minimum atomic E-state index is 0.232. The van der Waals surface area contributed by atoms with Crippen LogP contribution in [0.5, 0.6) is 0 Å². The fourth-order valence-corrected chi connectivity index (χ4v) is 4.73. The Morgan fingerprint density at radius 2 is 1.43 bits per heavy atom. The number of hydrogen-bond acceptors (Lipinski definition) is 2. The van der Waals surface area contributed by atoms with Gasteiger partial charge in [-0.25, -0.2) is 0 Å². The highest BCUT2D eigenvalue weighted by Gasteiger charge is 2.41. The summed E-state index contributed by atoms with van der Waals surface area (Å²) in [6, 6.07) is 0. The molecule has 0 radical (unpaired) electrons. The van der Waals surface area contributed by atoms with Crippen molar-refractivity contribution in [2.24, 2.45) is 16.7 Å². The van der Waals surface area contributed by atoms with Crippen molar-refractivity contribution in [1.82, 2.24) is 0 Å². The third kappa shape index (κ3) is 5.74. The summed E-state index contributed by atoms with van der Waals surface area (Å²) in [6.45, 7) is 11.8. The maximum atomic E-state index is 5.99. The lowest BCUT2D eigenvalue weighted by molar-refractivity contribution is -0.0636. The smallest absolute Gasteiger partial charge is 0.0547 e. The minimum Gasteiger partial charge on any atom is -0.384 e. The molecule has 0 bridgehead atoms. The zero-order chi connectivity index (χ0) is 17.2. The monoisotopic (exact) mass is 326 g/mol. The first-order valence-corrected chi connectivity index (χ1v) is 10.2. The Hall–Kier alpha value is -0.0800. The van der Waals surface area contributed by atoms with E-state index < -0.39 is 0 Å². The van der Waals surface area contributed by atoms with Gasteiger partial charge in [-0.15, -0.1) is 0 Å². The predicted molar refractivity (Wildman–Crippen MR) is 99.9 cm³/mol. The summed E-state index contributed by atoms with van der Waals surface area (Å²) in [6.07, 6.45) is 13.4. The van der Waals surface area contributed by atoms with Gasteiger partial charge in [-0.05, 0) is 43.9 Å². The molecule has 0 spiro atoms. The molecule has 0 aromatic heterocycles. The van der Waals surface area contributed by atoms with E-state index in [1.54, 1.807) is 0 Å². The van der Waals surface area contributed by atoms with Crippen LogP contribution in [0.15, 0.2) is 0 Å². The van der Waals surface area contributed by atoms with Crippen LogP contribution < -0.4 is 0 Å². The van der Waals surface area contributed by atoms with Crippen molar-refractivity contribution in [3.63, 3.8) is 0 Å². The summed E-state index contributed by atoms with van der Waals surface area (Å²) < 4.78 is 11.7. The molecule has 2 nitrogen and oxygen atoms in total. The molecule has 2 heteroatoms. The standard InChI is InChI=1S/C21H42O2/c1-6-20(7-2,8-3)15-16-21(17-22-5,18-23-9-4)19-13-11-10-12-14-19/h19H,6-18H2,1-5H3. The second-order valence-electron chi connectivity index (χ2n) is 7.83. The molecule has 0 saturated heterocycles. The number of rotatable bonds is 12. The van der Waals surface area contributed by atoms with Crippen LogP contribution in [-0.2, 0) is 9.47 Å². The molecule has 0 N–H and O–H groups in total. The van der Waals surface area contributed by atoms with Crippen LogP contribution in [0.1, 0.15) is 91.9 Å². The largest absolute Gasteiger partial charge is 0.384 e. The highest BCUT2D eigenvalue weighted by atomic mass is 16.5. The second kappa shape index (κ2) is 10.7. The number of ether oxygens (including phenoxy) is 2. The maximum absolute atomic E-state index is 5.99. The molecule has 1 unspecified atom stereocenters. The van der Waals surface area contributed by atoms with Crippen molar-refractivity contribution in [3.05, 3.63) is 0 Å². The van der Waals surface area contributed by atoms with Gasteiger partial charge < -0.3 is 9.47 Å². The summed E-state index contributed by atoms with van der Waals surface area (Å²) in [7, 11) is 1.87. The van der Waals surface area contributed by atoms with Crippen molar-refractivity contribution in [2.45, 2.75) is 91.9 Å². The quantitative estimate of drug-likeness (QED) is 0.423. The van der Waals surface area contributed by atoms with Crippen molar-refractivity contribution < 1.29 is 9.47 Å². The van der Waals surface area contributed by atoms with Gasteiger partial charge in [0.05, 0.1) is 13.2 Å². The third-order valence-corrected chi connectivity index (χ3v) is 6.90. The van der Waals surface area contributed by atoms with Crippen LogP contribution in [0.2, 0.25) is 0 Å². The van der Waals surface area contributed by atoms with Gasteiger partial charge in [-0.1, -0.05) is 59.3 Å². The van der Waals surface area contributed by atoms with E-state index in [9.17, 15) is 0 Å². The molecule has 0 aromatic carbocycles. The summed E-state index contributed by atoms with van der Waals surface area (Å²) >= 11 is 0. The average Bonchev–Trinajstić information content (AvgIpc) is 2.62. The highest BCUT2D eigenvalue weighted by molar-refractivity contribution is 4.91. The molecule has 1 fully saturated rings. The van der Waals surface area contributed by atoms with Crippen molar-refractivity contribution >= 4 is 0 Å². The normalized spacial score (nSPS) is 19.7. The van der Waals surface area contributed by atoms with Gasteiger partial charge in [0.1, 0.15) is 0 Å². The lowest BCUT2D eigenvalue weighted by Gasteiger charge is -2.44. The van der Waals surface area contributed by atoms with Gasteiger partial charge in [0.25, 0.3) is 0 Å². The Bertz CT molecular complexity index is 284. The molecule has 1 aliphatic carbocycles. The van der Waals surface area contributed by atoms with Crippen LogP contribution >= 0.6 is 0 Å². The van der Waals surface area contributed by atoms with Crippen molar-refractivity contribution in [1.29, 1.82) is 0 Å². The molecule has 1 saturated carbocycles. The minimum absolute atomic E-state index is 0.232. The van der Waals surface area contributed by atoms with E-state index in [0.717, 1.165) is 25.7 Å². The molecule has 0 aliphatic heterocycles. The molecule has 0 amide bonds. The summed E-state index contributed by atoms with van der Waals surface area (Å²) in [5, 5.41) is 0. The summed E-state index contributed by atoms with van der Waals surface area (Å²) in [5.41, 5.74) is 0.746. The second-order valence-corrected chi connectivity index (χ2v) is 7.83. The van der Waals surface area contributed by atoms with Crippen LogP contribution in [0.25, 0.3) is 0 Å². The Balaban J connectivity index is 2.90. The lowest BCUT2D eigenvalue weighted by Crippen LogP contribution is -2.42. The van der Waals surface area contributed by atoms with Crippen LogP contribution in [0.4, 0.5) is 0 Å². The number of methoxy groups -OCH3 is 1. The topological polar surface area (TPSA) is 18.5 Å². The third-order valence-electron chi connectivity index (χ3n) is 6.90. The van der Waals surface area contributed by atoms with E-state index in [4.69, 9.17) is 9.47 Å². The van der Waals surface area contributed by atoms with Gasteiger partial charge >= 0.3 is 0 Å². The van der Waals surface area contributed by atoms with E-state index in [2.05, 4.69) is 27.7 Å². The SMILES string of the molecule is CCOCC(CCC(CC)(CC)CC)(COC)C1CCCCC1. The van der Waals surface area contributed by atoms with E-state index in [1.165, 1.54) is 64.2 Å². The molecule has 1 atom stereocenters. The number of hydrogen-bond donors (Lipinski definition) is 0. The molecule has 23 heavy (non-hydrogen) atoms. The molecular formula is C21H42O2. The van der Waals surface area contributed by atoms with Gasteiger partial charge in [-0.3, -0.25) is 0 Å². The molecule has 138 valence electrons. The predicted octanol–water partition coefficient (Wildman–Crippen LogP) is 6.23. The zero-order valence-electron chi connectivity index (χ0n) is 16.6. The molecular weight excluding hydrogens is 284 g/mol. The molecule has 1 rings (SSSR count). The maximum Gasteiger partial charge on any atom is 0.0547 e. The van der Waals surface area contributed by atoms with Gasteiger partial charge in [0, 0.05) is 19.1 Å². The first-order chi connectivity index (χ1) is 11.1. The summed E-state index contributed by atoms with van der Waals surface area (Å²) in [5.74, 6) is 0.783. The Labute approximate surface area is 145 Å². The van der Waals surface area contributed by atoms with E-state index >= 15 is 0 Å². The highest BCUT2D eigenvalue weighted by Crippen LogP contribution is 2.46. The first-order valence-electron chi connectivity index (χ1n) is 10.2. The van der Waals surface area contributed by atoms with E-state index in [-0.39, 0.29) is 5.41 Å². The van der Waals surface area contributed by atoms with Gasteiger partial charge in [0.15, 0.2) is 0 Å². The van der Waals surface area contributed by atoms with E-state index in [1.807, 2.05) is 7.11 Å². The Kier molecular flexibility index (Phi) is 9.77. The average molecular weight is 327 g/mol. The van der Waals surface area contributed by atoms with E-state index in [0.29, 0.717) is 5.41 Å². The zero-order valence-corrected chi connectivity index (χ0v) is 16.6. The van der Waals surface area contributed by atoms with Gasteiger partial charge in [0.2, 0.25) is 0 Å². The van der Waals surface area contributed by atoms with Crippen LogP contribution in [0, 0.1) is 16.7 Å². The van der Waals surface area contributed by atoms with Gasteiger partial charge in [-0.2, -0.15) is 0 Å². The lowest BCUT2D eigenvalue weighted by atomic mass is 9.64. The molecule has 0 heterocycles. The summed E-state index contributed by atoms with van der Waals surface area (Å²) in [4.78, 5) is 0. The fourth-order valence-electron chi connectivity index (χ4n) is 4.73. The molecule has 1 aliphatic rings. The van der Waals surface area contributed by atoms with Crippen LogP contribution in [-0.4, -0.2) is 26.9 Å². The van der Waals surface area contributed by atoms with Crippen molar-refractivity contribution in [2.75, 3.05) is 26.9 Å². The van der Waals surface area contributed by atoms with Crippen LogP contribution in [0.3, 0.4) is 0 Å². The fraction of sp³-hybridized carbons (Fsp3) is 1.00. The first kappa shape index (κ1) is 21.0. The van der Waals surface area contributed by atoms with Crippen molar-refractivity contribution in [3.8, 4) is 0 Å². The Morgan fingerprint density at radius 1 is 0.826 bits per heavy atom. The Morgan fingerprint density at radius 3 is 1.91 bits per heavy atom. The molecule has 0 aromatic rings.